The third-order valence-electron chi connectivity index (χ3n) is 5.15. The Labute approximate surface area is 198 Å². The molecular formula is C22H20ClF3N2O3S2. The first-order valence-electron chi connectivity index (χ1n) is 9.97. The van der Waals surface area contributed by atoms with Crippen LogP contribution in [-0.2, 0) is 16.2 Å². The number of halogens is 4. The minimum atomic E-state index is -4.64. The van der Waals surface area contributed by atoms with E-state index in [0.717, 1.165) is 35.1 Å². The molecule has 1 N–H and O–H groups in total. The minimum Gasteiger partial charge on any atom is -0.488 e. The molecule has 0 saturated carbocycles. The van der Waals surface area contributed by atoms with E-state index in [9.17, 15) is 21.6 Å². The molecule has 0 spiro atoms. The number of nitrogens with zero attached hydrogens (tertiary/aromatic N) is 1. The highest BCUT2D eigenvalue weighted by Gasteiger charge is 2.36. The normalized spacial score (nSPS) is 17.3. The van der Waals surface area contributed by atoms with Crippen molar-refractivity contribution in [1.29, 1.82) is 0 Å². The second kappa shape index (κ2) is 9.17. The summed E-state index contributed by atoms with van der Waals surface area (Å²) in [5.41, 5.74) is -0.221. The summed E-state index contributed by atoms with van der Waals surface area (Å²) in [6, 6.07) is 13.4. The fraction of sp³-hybridized carbons (Fsp3) is 0.273. The predicted octanol–water partition coefficient (Wildman–Crippen LogP) is 5.97. The summed E-state index contributed by atoms with van der Waals surface area (Å²) in [5, 5.41) is 0.272. The molecule has 0 radical (unpaired) electrons. The molecule has 33 heavy (non-hydrogen) atoms. The van der Waals surface area contributed by atoms with Gasteiger partial charge in [0.05, 0.1) is 21.2 Å². The number of benzene rings is 2. The number of alkyl halides is 3. The van der Waals surface area contributed by atoms with E-state index in [4.69, 9.17) is 16.3 Å². The Morgan fingerprint density at radius 3 is 2.52 bits per heavy atom. The third-order valence-corrected chi connectivity index (χ3v) is 8.60. The SMILES string of the molecule is CN1CC[C@@H](Oc2cc(NS(=O)(=O)c3cc(Cl)c(-c4ccccc4)s3)ccc2C(F)(F)F)C1. The standard InChI is InChI=1S/C22H20ClF3N2O3S2/c1-28-10-9-16(13-28)31-19-11-15(7-8-17(19)22(24,25)26)27-33(29,30)20-12-18(23)21(32-20)14-5-3-2-4-6-14/h2-8,11-12,16,27H,9-10,13H2,1H3/t16-/m1/s1. The van der Waals surface area contributed by atoms with Crippen LogP contribution in [0, 0.1) is 0 Å². The Morgan fingerprint density at radius 1 is 1.15 bits per heavy atom. The summed E-state index contributed by atoms with van der Waals surface area (Å²) in [5.74, 6) is -0.405. The second-order valence-corrected chi connectivity index (χ2v) is 11.1. The fourth-order valence-corrected chi connectivity index (χ4v) is 6.44. The molecule has 3 aromatic rings. The molecule has 0 aliphatic carbocycles. The smallest absolute Gasteiger partial charge is 0.419 e. The average molecular weight is 517 g/mol. The first-order valence-corrected chi connectivity index (χ1v) is 12.6. The van der Waals surface area contributed by atoms with Crippen LogP contribution >= 0.6 is 22.9 Å². The minimum absolute atomic E-state index is 0.0323. The van der Waals surface area contributed by atoms with Gasteiger partial charge < -0.3 is 9.64 Å². The molecule has 2 heterocycles. The third kappa shape index (κ3) is 5.46. The van der Waals surface area contributed by atoms with Crippen LogP contribution in [0.15, 0.2) is 58.8 Å². The Hall–Kier alpha value is -2.27. The number of hydrogen-bond donors (Lipinski definition) is 1. The molecule has 1 atom stereocenters. The quantitative estimate of drug-likeness (QED) is 0.438. The van der Waals surface area contributed by atoms with Gasteiger partial charge in [-0.1, -0.05) is 41.9 Å². The van der Waals surface area contributed by atoms with E-state index in [-0.39, 0.29) is 14.9 Å². The molecule has 1 aromatic heterocycles. The van der Waals surface area contributed by atoms with Crippen LogP contribution in [0.25, 0.3) is 10.4 Å². The number of likely N-dealkylation sites (tertiary alicyclic amines) is 1. The van der Waals surface area contributed by atoms with Crippen molar-refractivity contribution in [2.24, 2.45) is 0 Å². The van der Waals surface area contributed by atoms with Crippen LogP contribution in [0.5, 0.6) is 5.75 Å². The van der Waals surface area contributed by atoms with Crippen molar-refractivity contribution in [3.63, 3.8) is 0 Å². The zero-order valence-electron chi connectivity index (χ0n) is 17.4. The lowest BCUT2D eigenvalue weighted by Crippen LogP contribution is -2.23. The van der Waals surface area contributed by atoms with Crippen molar-refractivity contribution in [2.75, 3.05) is 24.9 Å². The van der Waals surface area contributed by atoms with Crippen LogP contribution in [0.4, 0.5) is 18.9 Å². The Morgan fingerprint density at radius 2 is 1.88 bits per heavy atom. The van der Waals surface area contributed by atoms with Gasteiger partial charge in [0.25, 0.3) is 10.0 Å². The van der Waals surface area contributed by atoms with Crippen LogP contribution in [0.2, 0.25) is 5.02 Å². The van der Waals surface area contributed by atoms with Gasteiger partial charge in [-0.3, -0.25) is 4.72 Å². The predicted molar refractivity (Wildman–Crippen MR) is 124 cm³/mol. The topological polar surface area (TPSA) is 58.6 Å². The number of likely N-dealkylation sites (N-methyl/N-ethyl adjacent to an activating group) is 1. The summed E-state index contributed by atoms with van der Waals surface area (Å²) in [6.07, 6.45) is -4.46. The molecule has 2 aromatic carbocycles. The van der Waals surface area contributed by atoms with Crippen LogP contribution in [0.1, 0.15) is 12.0 Å². The van der Waals surface area contributed by atoms with Crippen LogP contribution in [0.3, 0.4) is 0 Å². The monoisotopic (exact) mass is 516 g/mol. The van der Waals surface area contributed by atoms with Gasteiger partial charge in [-0.25, -0.2) is 8.42 Å². The van der Waals surface area contributed by atoms with Crippen molar-refractivity contribution in [2.45, 2.75) is 22.9 Å². The number of anilines is 1. The van der Waals surface area contributed by atoms with Gasteiger partial charge in [0, 0.05) is 19.2 Å². The fourth-order valence-electron chi connectivity index (χ4n) is 3.56. The van der Waals surface area contributed by atoms with Gasteiger partial charge in [0.1, 0.15) is 16.1 Å². The molecule has 0 bridgehead atoms. The van der Waals surface area contributed by atoms with Crippen molar-refractivity contribution in [1.82, 2.24) is 4.90 Å². The van der Waals surface area contributed by atoms with Gasteiger partial charge in [-0.15, -0.1) is 11.3 Å². The largest absolute Gasteiger partial charge is 0.488 e. The van der Waals surface area contributed by atoms with E-state index >= 15 is 0 Å². The molecule has 1 saturated heterocycles. The van der Waals surface area contributed by atoms with Crippen molar-refractivity contribution in [3.8, 4) is 16.2 Å². The van der Waals surface area contributed by atoms with E-state index in [1.807, 2.05) is 42.3 Å². The molecule has 11 heteroatoms. The highest BCUT2D eigenvalue weighted by atomic mass is 35.5. The van der Waals surface area contributed by atoms with Gasteiger partial charge in [-0.05, 0) is 37.2 Å². The number of nitrogens with one attached hydrogen (secondary N) is 1. The summed E-state index contributed by atoms with van der Waals surface area (Å²) < 4.78 is 74.3. The molecule has 1 aliphatic rings. The van der Waals surface area contributed by atoms with E-state index in [1.54, 1.807) is 0 Å². The molecule has 1 fully saturated rings. The van der Waals surface area contributed by atoms with E-state index in [1.165, 1.54) is 6.07 Å². The maximum Gasteiger partial charge on any atom is 0.419 e. The first kappa shape index (κ1) is 23.9. The molecule has 5 nitrogen and oxygen atoms in total. The van der Waals surface area contributed by atoms with E-state index in [2.05, 4.69) is 4.72 Å². The van der Waals surface area contributed by atoms with E-state index in [0.29, 0.717) is 24.4 Å². The van der Waals surface area contributed by atoms with Gasteiger partial charge in [0.2, 0.25) is 0 Å². The number of ether oxygens (including phenoxy) is 1. The highest BCUT2D eigenvalue weighted by molar-refractivity contribution is 7.94. The summed E-state index contributed by atoms with van der Waals surface area (Å²) in [6.45, 7) is 1.20. The van der Waals surface area contributed by atoms with Crippen molar-refractivity contribution >= 4 is 38.6 Å². The number of rotatable bonds is 6. The summed E-state index contributed by atoms with van der Waals surface area (Å²) in [4.78, 5) is 2.54. The second-order valence-electron chi connectivity index (χ2n) is 7.71. The number of hydrogen-bond acceptors (Lipinski definition) is 5. The lowest BCUT2D eigenvalue weighted by atomic mass is 10.1. The molecule has 1 aliphatic heterocycles. The molecule has 0 amide bonds. The van der Waals surface area contributed by atoms with Gasteiger partial charge >= 0.3 is 6.18 Å². The number of sulfonamides is 1. The van der Waals surface area contributed by atoms with Crippen molar-refractivity contribution in [3.05, 3.63) is 65.2 Å². The zero-order chi connectivity index (χ0) is 23.8. The van der Waals surface area contributed by atoms with Gasteiger partial charge in [0.15, 0.2) is 0 Å². The Kier molecular flexibility index (Phi) is 6.63. The summed E-state index contributed by atoms with van der Waals surface area (Å²) >= 11 is 7.24. The average Bonchev–Trinajstić information content (AvgIpc) is 3.33. The first-order chi connectivity index (χ1) is 15.5. The molecule has 176 valence electrons. The molecule has 0 unspecified atom stereocenters. The van der Waals surface area contributed by atoms with Crippen molar-refractivity contribution < 1.29 is 26.3 Å². The lowest BCUT2D eigenvalue weighted by molar-refractivity contribution is -0.139. The van der Waals surface area contributed by atoms with Crippen LogP contribution in [-0.4, -0.2) is 39.6 Å². The maximum atomic E-state index is 13.5. The molecule has 4 rings (SSSR count). The van der Waals surface area contributed by atoms with Gasteiger partial charge in [-0.2, -0.15) is 13.2 Å². The molecular weight excluding hydrogens is 497 g/mol. The number of thiophene rings is 1. The Bertz CT molecular complexity index is 1250. The maximum absolute atomic E-state index is 13.5. The lowest BCUT2D eigenvalue weighted by Gasteiger charge is -2.19. The Balaban J connectivity index is 1.62. The van der Waals surface area contributed by atoms with Crippen LogP contribution < -0.4 is 9.46 Å². The zero-order valence-corrected chi connectivity index (χ0v) is 19.8. The highest BCUT2D eigenvalue weighted by Crippen LogP contribution is 2.41. The summed E-state index contributed by atoms with van der Waals surface area (Å²) in [7, 11) is -2.23. The van der Waals surface area contributed by atoms with E-state index < -0.39 is 33.6 Å².